The predicted molar refractivity (Wildman–Crippen MR) is 53.0 cm³/mol. The SMILES string of the molecule is CC(CC(=O)O)n1nnnc1C1CCOC1. The largest absolute Gasteiger partial charge is 0.481 e. The number of aromatic nitrogens is 4. The fourth-order valence-corrected chi connectivity index (χ4v) is 1.86. The minimum atomic E-state index is -0.850. The van der Waals surface area contributed by atoms with E-state index in [1.54, 1.807) is 11.6 Å². The van der Waals surface area contributed by atoms with Crippen LogP contribution in [-0.4, -0.2) is 44.5 Å². The molecule has 7 heteroatoms. The van der Waals surface area contributed by atoms with Gasteiger partial charge in [0.15, 0.2) is 5.82 Å². The summed E-state index contributed by atoms with van der Waals surface area (Å²) < 4.78 is 6.86. The molecule has 0 aliphatic carbocycles. The van der Waals surface area contributed by atoms with E-state index in [4.69, 9.17) is 9.84 Å². The van der Waals surface area contributed by atoms with Crippen LogP contribution in [0.25, 0.3) is 0 Å². The van der Waals surface area contributed by atoms with Crippen molar-refractivity contribution < 1.29 is 14.6 Å². The molecule has 16 heavy (non-hydrogen) atoms. The fourth-order valence-electron chi connectivity index (χ4n) is 1.86. The lowest BCUT2D eigenvalue weighted by atomic mass is 10.1. The number of hydrogen-bond donors (Lipinski definition) is 1. The van der Waals surface area contributed by atoms with Crippen LogP contribution in [0.15, 0.2) is 0 Å². The minimum absolute atomic E-state index is 0.0195. The Morgan fingerprint density at radius 2 is 2.56 bits per heavy atom. The van der Waals surface area contributed by atoms with Crippen LogP contribution in [0.5, 0.6) is 0 Å². The van der Waals surface area contributed by atoms with Crippen LogP contribution in [-0.2, 0) is 9.53 Å². The summed E-state index contributed by atoms with van der Waals surface area (Å²) in [5.74, 6) is 0.0640. The summed E-state index contributed by atoms with van der Waals surface area (Å²) in [7, 11) is 0. The van der Waals surface area contributed by atoms with Gasteiger partial charge in [-0.1, -0.05) is 0 Å². The summed E-state index contributed by atoms with van der Waals surface area (Å²) in [6, 6.07) is -0.233. The predicted octanol–water partition coefficient (Wildman–Crippen LogP) is 0.213. The maximum absolute atomic E-state index is 10.6. The zero-order valence-corrected chi connectivity index (χ0v) is 9.04. The van der Waals surface area contributed by atoms with Crippen molar-refractivity contribution in [2.75, 3.05) is 13.2 Å². The number of carboxylic acids is 1. The number of nitrogens with zero attached hydrogens (tertiary/aromatic N) is 4. The van der Waals surface area contributed by atoms with Gasteiger partial charge in [0.2, 0.25) is 0 Å². The Kier molecular flexibility index (Phi) is 3.14. The number of aliphatic carboxylic acids is 1. The molecule has 0 amide bonds. The van der Waals surface area contributed by atoms with Gasteiger partial charge in [0.1, 0.15) is 0 Å². The summed E-state index contributed by atoms with van der Waals surface area (Å²) in [5, 5.41) is 20.1. The van der Waals surface area contributed by atoms with Crippen LogP contribution in [0.4, 0.5) is 0 Å². The molecule has 2 heterocycles. The second-order valence-corrected chi connectivity index (χ2v) is 3.99. The van der Waals surface area contributed by atoms with E-state index in [9.17, 15) is 4.79 Å². The molecule has 2 unspecified atom stereocenters. The highest BCUT2D eigenvalue weighted by atomic mass is 16.5. The van der Waals surface area contributed by atoms with Gasteiger partial charge in [-0.3, -0.25) is 4.79 Å². The van der Waals surface area contributed by atoms with Crippen LogP contribution >= 0.6 is 0 Å². The van der Waals surface area contributed by atoms with Crippen molar-refractivity contribution in [1.29, 1.82) is 0 Å². The van der Waals surface area contributed by atoms with E-state index in [0.29, 0.717) is 13.2 Å². The van der Waals surface area contributed by atoms with Crippen LogP contribution in [0, 0.1) is 0 Å². The van der Waals surface area contributed by atoms with Gasteiger partial charge in [0.25, 0.3) is 0 Å². The van der Waals surface area contributed by atoms with Gasteiger partial charge in [0, 0.05) is 12.5 Å². The van der Waals surface area contributed by atoms with Crippen molar-refractivity contribution in [2.45, 2.75) is 31.7 Å². The second-order valence-electron chi connectivity index (χ2n) is 3.99. The standard InChI is InChI=1S/C9H14N4O3/c1-6(4-8(14)15)13-9(10-11-12-13)7-2-3-16-5-7/h6-7H,2-5H2,1H3,(H,14,15). The number of carboxylic acid groups (broad SMARTS) is 1. The summed E-state index contributed by atoms with van der Waals surface area (Å²) in [6.45, 7) is 3.12. The van der Waals surface area contributed by atoms with Crippen molar-refractivity contribution in [1.82, 2.24) is 20.2 Å². The third-order valence-corrected chi connectivity index (χ3v) is 2.70. The summed E-state index contributed by atoms with van der Waals surface area (Å²) in [6.07, 6.45) is 0.909. The highest BCUT2D eigenvalue weighted by Crippen LogP contribution is 2.25. The first-order valence-electron chi connectivity index (χ1n) is 5.25. The number of ether oxygens (including phenoxy) is 1. The maximum Gasteiger partial charge on any atom is 0.305 e. The normalized spacial score (nSPS) is 22.2. The first-order chi connectivity index (χ1) is 7.68. The third kappa shape index (κ3) is 2.19. The number of rotatable bonds is 4. The summed E-state index contributed by atoms with van der Waals surface area (Å²) in [5.41, 5.74) is 0. The van der Waals surface area contributed by atoms with Gasteiger partial charge in [-0.2, -0.15) is 0 Å². The van der Waals surface area contributed by atoms with E-state index in [-0.39, 0.29) is 18.4 Å². The van der Waals surface area contributed by atoms with Crippen LogP contribution < -0.4 is 0 Å². The molecule has 0 saturated carbocycles. The molecule has 1 saturated heterocycles. The summed E-state index contributed by atoms with van der Waals surface area (Å²) >= 11 is 0. The maximum atomic E-state index is 10.6. The molecule has 2 atom stereocenters. The fraction of sp³-hybridized carbons (Fsp3) is 0.778. The molecule has 1 aromatic heterocycles. The first-order valence-corrected chi connectivity index (χ1v) is 5.25. The lowest BCUT2D eigenvalue weighted by Crippen LogP contribution is -2.17. The van der Waals surface area contributed by atoms with Gasteiger partial charge in [-0.25, -0.2) is 4.68 Å². The zero-order valence-electron chi connectivity index (χ0n) is 9.04. The van der Waals surface area contributed by atoms with E-state index in [2.05, 4.69) is 15.5 Å². The monoisotopic (exact) mass is 226 g/mol. The Hall–Kier alpha value is -1.50. The molecule has 1 fully saturated rings. The molecule has 0 aromatic carbocycles. The zero-order chi connectivity index (χ0) is 11.5. The van der Waals surface area contributed by atoms with Crippen molar-refractivity contribution in [2.24, 2.45) is 0 Å². The molecule has 1 N–H and O–H groups in total. The van der Waals surface area contributed by atoms with Crippen molar-refractivity contribution >= 4 is 5.97 Å². The molecule has 1 aliphatic rings. The van der Waals surface area contributed by atoms with E-state index in [1.165, 1.54) is 0 Å². The van der Waals surface area contributed by atoms with Gasteiger partial charge < -0.3 is 9.84 Å². The molecule has 0 spiro atoms. The van der Waals surface area contributed by atoms with Gasteiger partial charge >= 0.3 is 5.97 Å². The molecule has 7 nitrogen and oxygen atoms in total. The third-order valence-electron chi connectivity index (χ3n) is 2.70. The Bertz CT molecular complexity index is 373. The number of carbonyl (C=O) groups is 1. The molecule has 1 aromatic rings. The lowest BCUT2D eigenvalue weighted by Gasteiger charge is -2.13. The number of hydrogen-bond acceptors (Lipinski definition) is 5. The molecular weight excluding hydrogens is 212 g/mol. The highest BCUT2D eigenvalue weighted by Gasteiger charge is 2.26. The molecule has 2 rings (SSSR count). The van der Waals surface area contributed by atoms with Crippen molar-refractivity contribution in [3.8, 4) is 0 Å². The van der Waals surface area contributed by atoms with E-state index >= 15 is 0 Å². The Morgan fingerprint density at radius 3 is 3.19 bits per heavy atom. The topological polar surface area (TPSA) is 90.1 Å². The van der Waals surface area contributed by atoms with Gasteiger partial charge in [-0.05, 0) is 23.8 Å². The summed E-state index contributed by atoms with van der Waals surface area (Å²) in [4.78, 5) is 10.6. The first kappa shape index (κ1) is 11.0. The average molecular weight is 226 g/mol. The molecule has 0 radical (unpaired) electrons. The van der Waals surface area contributed by atoms with Gasteiger partial charge in [0.05, 0.1) is 19.1 Å². The number of tetrazole rings is 1. The molecule has 0 bridgehead atoms. The molecular formula is C9H14N4O3. The van der Waals surface area contributed by atoms with Crippen molar-refractivity contribution in [3.63, 3.8) is 0 Å². The van der Waals surface area contributed by atoms with Crippen LogP contribution in [0.1, 0.15) is 37.5 Å². The second kappa shape index (κ2) is 4.56. The van der Waals surface area contributed by atoms with E-state index < -0.39 is 5.97 Å². The van der Waals surface area contributed by atoms with E-state index in [0.717, 1.165) is 12.2 Å². The van der Waals surface area contributed by atoms with Gasteiger partial charge in [-0.15, -0.1) is 5.10 Å². The molecule has 1 aliphatic heterocycles. The van der Waals surface area contributed by atoms with Crippen LogP contribution in [0.2, 0.25) is 0 Å². The quantitative estimate of drug-likeness (QED) is 0.789. The Labute approximate surface area is 92.4 Å². The Balaban J connectivity index is 2.14. The average Bonchev–Trinajstić information content (AvgIpc) is 2.87. The highest BCUT2D eigenvalue weighted by molar-refractivity contribution is 5.67. The Morgan fingerprint density at radius 1 is 1.75 bits per heavy atom. The molecule has 88 valence electrons. The smallest absolute Gasteiger partial charge is 0.305 e. The van der Waals surface area contributed by atoms with E-state index in [1.807, 2.05) is 0 Å². The lowest BCUT2D eigenvalue weighted by molar-refractivity contribution is -0.137. The van der Waals surface area contributed by atoms with Crippen LogP contribution in [0.3, 0.4) is 0 Å². The minimum Gasteiger partial charge on any atom is -0.481 e. The van der Waals surface area contributed by atoms with Crippen molar-refractivity contribution in [3.05, 3.63) is 5.82 Å².